The fourth-order valence-electron chi connectivity index (χ4n) is 1.77. The van der Waals surface area contributed by atoms with E-state index in [2.05, 4.69) is 4.72 Å². The summed E-state index contributed by atoms with van der Waals surface area (Å²) in [6.07, 6.45) is 0.618. The van der Waals surface area contributed by atoms with Crippen LogP contribution in [0.5, 0.6) is 0 Å². The van der Waals surface area contributed by atoms with Crippen LogP contribution in [0.3, 0.4) is 0 Å². The Morgan fingerprint density at radius 2 is 2.05 bits per heavy atom. The highest BCUT2D eigenvalue weighted by Gasteiger charge is 2.22. The van der Waals surface area contributed by atoms with Crippen molar-refractivity contribution < 1.29 is 8.42 Å². The number of aryl methyl sites for hydroxylation is 1. The van der Waals surface area contributed by atoms with Crippen LogP contribution in [-0.4, -0.2) is 27.5 Å². The smallest absolute Gasteiger partial charge is 0.301 e. The van der Waals surface area contributed by atoms with E-state index in [4.69, 9.17) is 5.73 Å². The van der Waals surface area contributed by atoms with Crippen molar-refractivity contribution in [3.63, 3.8) is 0 Å². The average molecular weight is 285 g/mol. The molecule has 5 nitrogen and oxygen atoms in total. The molecule has 0 saturated heterocycles. The summed E-state index contributed by atoms with van der Waals surface area (Å²) in [4.78, 5) is 0. The molecular weight excluding hydrogens is 262 g/mol. The Balaban J connectivity index is 3.07. The van der Waals surface area contributed by atoms with Gasteiger partial charge in [-0.1, -0.05) is 12.1 Å². The van der Waals surface area contributed by atoms with E-state index in [1.807, 2.05) is 25.1 Å². The number of rotatable bonds is 7. The molecule has 0 saturated carbocycles. The molecule has 108 valence electrons. The van der Waals surface area contributed by atoms with Crippen molar-refractivity contribution in [2.45, 2.75) is 33.2 Å². The molecule has 0 aliphatic rings. The van der Waals surface area contributed by atoms with E-state index in [-0.39, 0.29) is 6.04 Å². The number of nitrogens with one attached hydrogen (secondary N) is 1. The van der Waals surface area contributed by atoms with E-state index in [1.165, 1.54) is 4.31 Å². The standard InChI is InChI=1S/C13H23N3O2S/c1-11(2)15-19(17,18)16(9-5-8-14)13-7-4-6-12(3)10-13/h4,6-7,10-11,15H,5,8-9,14H2,1-3H3. The normalized spacial score (nSPS) is 11.8. The van der Waals surface area contributed by atoms with Gasteiger partial charge in [-0.3, -0.25) is 4.31 Å². The van der Waals surface area contributed by atoms with Crippen molar-refractivity contribution in [1.29, 1.82) is 0 Å². The van der Waals surface area contributed by atoms with Crippen LogP contribution in [0, 0.1) is 6.92 Å². The van der Waals surface area contributed by atoms with Gasteiger partial charge in [0, 0.05) is 12.6 Å². The lowest BCUT2D eigenvalue weighted by atomic mass is 10.2. The lowest BCUT2D eigenvalue weighted by molar-refractivity contribution is 0.563. The summed E-state index contributed by atoms with van der Waals surface area (Å²) >= 11 is 0. The van der Waals surface area contributed by atoms with Gasteiger partial charge in [0.25, 0.3) is 0 Å². The van der Waals surface area contributed by atoms with Gasteiger partial charge in [-0.15, -0.1) is 0 Å². The van der Waals surface area contributed by atoms with Crippen LogP contribution in [0.25, 0.3) is 0 Å². The van der Waals surface area contributed by atoms with E-state index in [0.717, 1.165) is 5.56 Å². The number of nitrogens with zero attached hydrogens (tertiary/aromatic N) is 1. The largest absolute Gasteiger partial charge is 0.330 e. The molecule has 1 rings (SSSR count). The first-order chi connectivity index (χ1) is 8.86. The third kappa shape index (κ3) is 4.81. The van der Waals surface area contributed by atoms with Crippen LogP contribution in [0.15, 0.2) is 24.3 Å². The molecule has 0 spiro atoms. The van der Waals surface area contributed by atoms with Crippen LogP contribution in [0.2, 0.25) is 0 Å². The van der Waals surface area contributed by atoms with Crippen molar-refractivity contribution >= 4 is 15.9 Å². The van der Waals surface area contributed by atoms with Crippen molar-refractivity contribution in [2.75, 3.05) is 17.4 Å². The van der Waals surface area contributed by atoms with Crippen molar-refractivity contribution in [1.82, 2.24) is 4.72 Å². The van der Waals surface area contributed by atoms with Gasteiger partial charge in [0.15, 0.2) is 0 Å². The minimum atomic E-state index is -3.54. The van der Waals surface area contributed by atoms with Crippen LogP contribution < -0.4 is 14.8 Å². The first kappa shape index (κ1) is 15.9. The Morgan fingerprint density at radius 3 is 2.58 bits per heavy atom. The summed E-state index contributed by atoms with van der Waals surface area (Å²) in [6, 6.07) is 7.30. The number of hydrogen-bond acceptors (Lipinski definition) is 3. The fraction of sp³-hybridized carbons (Fsp3) is 0.538. The molecule has 0 unspecified atom stereocenters. The second-order valence-electron chi connectivity index (χ2n) is 4.83. The monoisotopic (exact) mass is 285 g/mol. The topological polar surface area (TPSA) is 75.4 Å². The van der Waals surface area contributed by atoms with E-state index in [1.54, 1.807) is 19.9 Å². The second kappa shape index (κ2) is 6.88. The predicted molar refractivity (Wildman–Crippen MR) is 79.4 cm³/mol. The Morgan fingerprint density at radius 1 is 1.37 bits per heavy atom. The van der Waals surface area contributed by atoms with Crippen LogP contribution in [-0.2, 0) is 10.2 Å². The molecule has 6 heteroatoms. The van der Waals surface area contributed by atoms with Gasteiger partial charge in [0.2, 0.25) is 0 Å². The Labute approximate surface area is 116 Å². The van der Waals surface area contributed by atoms with E-state index < -0.39 is 10.2 Å². The van der Waals surface area contributed by atoms with Crippen molar-refractivity contribution in [3.05, 3.63) is 29.8 Å². The summed E-state index contributed by atoms with van der Waals surface area (Å²) in [7, 11) is -3.54. The van der Waals surface area contributed by atoms with Crippen molar-refractivity contribution in [2.24, 2.45) is 5.73 Å². The molecule has 0 fully saturated rings. The summed E-state index contributed by atoms with van der Waals surface area (Å²) in [5.41, 5.74) is 7.18. The van der Waals surface area contributed by atoms with E-state index in [0.29, 0.717) is 25.2 Å². The average Bonchev–Trinajstić information content (AvgIpc) is 2.27. The van der Waals surface area contributed by atoms with Gasteiger partial charge in [0.1, 0.15) is 0 Å². The minimum absolute atomic E-state index is 0.143. The summed E-state index contributed by atoms with van der Waals surface area (Å²) in [6.45, 7) is 6.37. The third-order valence-corrected chi connectivity index (χ3v) is 4.27. The van der Waals surface area contributed by atoms with Crippen LogP contribution in [0.4, 0.5) is 5.69 Å². The fourth-order valence-corrected chi connectivity index (χ4v) is 3.25. The van der Waals surface area contributed by atoms with Gasteiger partial charge < -0.3 is 5.73 Å². The molecular formula is C13H23N3O2S. The van der Waals surface area contributed by atoms with Crippen molar-refractivity contribution in [3.8, 4) is 0 Å². The molecule has 0 aliphatic heterocycles. The third-order valence-electron chi connectivity index (χ3n) is 2.53. The number of benzene rings is 1. The number of anilines is 1. The highest BCUT2D eigenvalue weighted by Crippen LogP contribution is 2.19. The zero-order valence-electron chi connectivity index (χ0n) is 11.8. The zero-order valence-corrected chi connectivity index (χ0v) is 12.6. The molecule has 0 aliphatic carbocycles. The molecule has 19 heavy (non-hydrogen) atoms. The SMILES string of the molecule is Cc1cccc(N(CCCN)S(=O)(=O)NC(C)C)c1. The lowest BCUT2D eigenvalue weighted by Gasteiger charge is -2.26. The molecule has 0 aromatic heterocycles. The zero-order chi connectivity index (χ0) is 14.5. The molecule has 0 bridgehead atoms. The molecule has 0 amide bonds. The molecule has 1 aromatic rings. The quantitative estimate of drug-likeness (QED) is 0.795. The van der Waals surface area contributed by atoms with Crippen LogP contribution in [0.1, 0.15) is 25.8 Å². The highest BCUT2D eigenvalue weighted by molar-refractivity contribution is 7.90. The van der Waals surface area contributed by atoms with Gasteiger partial charge in [0.05, 0.1) is 5.69 Å². The molecule has 0 radical (unpaired) electrons. The number of nitrogens with two attached hydrogens (primary N) is 1. The molecule has 0 heterocycles. The summed E-state index contributed by atoms with van der Waals surface area (Å²) < 4.78 is 28.7. The number of hydrogen-bond donors (Lipinski definition) is 2. The van der Waals surface area contributed by atoms with Crippen LogP contribution >= 0.6 is 0 Å². The van der Waals surface area contributed by atoms with E-state index >= 15 is 0 Å². The molecule has 0 atom stereocenters. The van der Waals surface area contributed by atoms with Gasteiger partial charge in [-0.05, 0) is 51.4 Å². The van der Waals surface area contributed by atoms with E-state index in [9.17, 15) is 8.42 Å². The molecule has 3 N–H and O–H groups in total. The van der Waals surface area contributed by atoms with Gasteiger partial charge in [-0.25, -0.2) is 0 Å². The Kier molecular flexibility index (Phi) is 5.78. The molecule has 1 aromatic carbocycles. The van der Waals surface area contributed by atoms with Gasteiger partial charge in [-0.2, -0.15) is 13.1 Å². The van der Waals surface area contributed by atoms with Gasteiger partial charge >= 0.3 is 10.2 Å². The highest BCUT2D eigenvalue weighted by atomic mass is 32.2. The first-order valence-corrected chi connectivity index (χ1v) is 7.87. The second-order valence-corrected chi connectivity index (χ2v) is 6.46. The summed E-state index contributed by atoms with van der Waals surface area (Å²) in [5, 5.41) is 0. The maximum atomic E-state index is 12.3. The Hall–Kier alpha value is -1.11. The lowest BCUT2D eigenvalue weighted by Crippen LogP contribution is -2.44. The Bertz CT molecular complexity index is 500. The minimum Gasteiger partial charge on any atom is -0.330 e. The predicted octanol–water partition coefficient (Wildman–Crippen LogP) is 1.39. The first-order valence-electron chi connectivity index (χ1n) is 6.43. The summed E-state index contributed by atoms with van der Waals surface area (Å²) in [5.74, 6) is 0. The maximum absolute atomic E-state index is 12.3. The maximum Gasteiger partial charge on any atom is 0.301 e.